The fourth-order valence-electron chi connectivity index (χ4n) is 0.671. The normalized spacial score (nSPS) is 10.7. The molecule has 0 spiro atoms. The van der Waals surface area contributed by atoms with Crippen molar-refractivity contribution in [2.75, 3.05) is 6.54 Å². The van der Waals surface area contributed by atoms with Crippen LogP contribution in [0.25, 0.3) is 0 Å². The topological polar surface area (TPSA) is 50.1 Å². The first-order valence-corrected chi connectivity index (χ1v) is 3.46. The molecule has 0 saturated carbocycles. The van der Waals surface area contributed by atoms with Gasteiger partial charge in [-0.2, -0.15) is 5.53 Å². The van der Waals surface area contributed by atoms with Gasteiger partial charge in [0.05, 0.1) is 0 Å². The van der Waals surface area contributed by atoms with Gasteiger partial charge in [0.2, 0.25) is 0 Å². The monoisotopic (exact) mass is 131 g/mol. The van der Waals surface area contributed by atoms with Crippen molar-refractivity contribution in [1.29, 1.82) is 0 Å². The quantitative estimate of drug-likeness (QED) is 0.287. The summed E-state index contributed by atoms with van der Waals surface area (Å²) in [6, 6.07) is 0. The Morgan fingerprint density at radius 2 is 2.11 bits per heavy atom. The van der Waals surface area contributed by atoms with E-state index in [0.717, 1.165) is 12.5 Å². The Labute approximate surface area is 56.9 Å². The predicted molar refractivity (Wildman–Crippen MR) is 39.4 cm³/mol. The van der Waals surface area contributed by atoms with Gasteiger partial charge in [-0.25, -0.2) is 5.43 Å². The first kappa shape index (κ1) is 8.88. The van der Waals surface area contributed by atoms with Crippen LogP contribution in [-0.2, 0) is 0 Å². The molecule has 56 valence electrons. The molecule has 0 saturated heterocycles. The van der Waals surface area contributed by atoms with E-state index in [0.29, 0.717) is 0 Å². The molecule has 0 aromatic carbocycles. The van der Waals surface area contributed by atoms with Crippen molar-refractivity contribution in [3.05, 3.63) is 0 Å². The minimum Gasteiger partial charge on any atom is -0.258 e. The third kappa shape index (κ3) is 7.88. The molecule has 0 aromatic heterocycles. The van der Waals surface area contributed by atoms with Crippen LogP contribution >= 0.6 is 0 Å². The fraction of sp³-hybridized carbons (Fsp3) is 1.00. The maximum atomic E-state index is 4.98. The number of hydrogen-bond acceptors (Lipinski definition) is 3. The number of rotatable bonds is 5. The van der Waals surface area contributed by atoms with Gasteiger partial charge in [-0.15, -0.1) is 0 Å². The predicted octanol–water partition coefficient (Wildman–Crippen LogP) is 0.391. The van der Waals surface area contributed by atoms with Gasteiger partial charge in [-0.1, -0.05) is 13.8 Å². The Morgan fingerprint density at radius 1 is 1.44 bits per heavy atom. The molecule has 4 N–H and O–H groups in total. The molecule has 0 aromatic rings. The van der Waals surface area contributed by atoms with Crippen molar-refractivity contribution in [2.45, 2.75) is 26.7 Å². The van der Waals surface area contributed by atoms with Crippen LogP contribution in [-0.4, -0.2) is 6.54 Å². The molecule has 0 radical (unpaired) electrons. The van der Waals surface area contributed by atoms with Gasteiger partial charge in [0.25, 0.3) is 0 Å². The Hall–Kier alpha value is -0.120. The lowest BCUT2D eigenvalue weighted by molar-refractivity contribution is 0.487. The van der Waals surface area contributed by atoms with Crippen molar-refractivity contribution in [3.63, 3.8) is 0 Å². The molecule has 0 fully saturated rings. The molecule has 0 aliphatic heterocycles. The van der Waals surface area contributed by atoms with Crippen LogP contribution in [0.15, 0.2) is 0 Å². The third-order valence-electron chi connectivity index (χ3n) is 1.19. The average Bonchev–Trinajstić information content (AvgIpc) is 1.80. The molecule has 3 nitrogen and oxygen atoms in total. The lowest BCUT2D eigenvalue weighted by Gasteiger charge is -2.03. The van der Waals surface area contributed by atoms with Crippen molar-refractivity contribution in [3.8, 4) is 0 Å². The van der Waals surface area contributed by atoms with E-state index >= 15 is 0 Å². The second kappa shape index (κ2) is 6.01. The van der Waals surface area contributed by atoms with E-state index in [1.54, 1.807) is 0 Å². The summed E-state index contributed by atoms with van der Waals surface area (Å²) in [5, 5.41) is 0. The Bertz CT molecular complexity index is 54.3. The molecule has 0 aliphatic rings. The van der Waals surface area contributed by atoms with Crippen LogP contribution in [0.4, 0.5) is 0 Å². The van der Waals surface area contributed by atoms with Crippen LogP contribution in [0, 0.1) is 5.92 Å². The second-order valence-corrected chi connectivity index (χ2v) is 2.61. The van der Waals surface area contributed by atoms with Gasteiger partial charge in [-0.3, -0.25) is 5.84 Å². The van der Waals surface area contributed by atoms with E-state index in [1.807, 2.05) is 0 Å². The van der Waals surface area contributed by atoms with Gasteiger partial charge >= 0.3 is 0 Å². The lowest BCUT2D eigenvalue weighted by Crippen LogP contribution is -2.38. The molecule has 0 amide bonds. The fourth-order valence-corrected chi connectivity index (χ4v) is 0.671. The van der Waals surface area contributed by atoms with E-state index < -0.39 is 0 Å². The Morgan fingerprint density at radius 3 is 2.56 bits per heavy atom. The van der Waals surface area contributed by atoms with Gasteiger partial charge in [0, 0.05) is 6.54 Å². The minimum absolute atomic E-state index is 0.796. The second-order valence-electron chi connectivity index (χ2n) is 2.61. The van der Waals surface area contributed by atoms with Gasteiger partial charge in [0.15, 0.2) is 0 Å². The summed E-state index contributed by atoms with van der Waals surface area (Å²) in [6.45, 7) is 5.39. The summed E-state index contributed by atoms with van der Waals surface area (Å²) in [6.07, 6.45) is 2.44. The summed E-state index contributed by atoms with van der Waals surface area (Å²) in [7, 11) is 0. The summed E-state index contributed by atoms with van der Waals surface area (Å²) < 4.78 is 0. The zero-order valence-electron chi connectivity index (χ0n) is 6.28. The molecular weight excluding hydrogens is 114 g/mol. The van der Waals surface area contributed by atoms with Crippen LogP contribution in [0.2, 0.25) is 0 Å². The van der Waals surface area contributed by atoms with E-state index in [4.69, 9.17) is 5.84 Å². The lowest BCUT2D eigenvalue weighted by atomic mass is 10.1. The van der Waals surface area contributed by atoms with E-state index in [-0.39, 0.29) is 0 Å². The SMILES string of the molecule is CC(C)CCCNNN. The van der Waals surface area contributed by atoms with Crippen molar-refractivity contribution in [2.24, 2.45) is 11.8 Å². The summed E-state index contributed by atoms with van der Waals surface area (Å²) in [4.78, 5) is 0. The van der Waals surface area contributed by atoms with Crippen LogP contribution < -0.4 is 16.8 Å². The molecule has 0 heterocycles. The zero-order chi connectivity index (χ0) is 7.11. The highest BCUT2D eigenvalue weighted by atomic mass is 15.5. The molecule has 3 heteroatoms. The van der Waals surface area contributed by atoms with Crippen LogP contribution in [0.5, 0.6) is 0 Å². The standard InChI is InChI=1S/C6H17N3/c1-6(2)4-3-5-8-9-7/h6,8-9H,3-5,7H2,1-2H3. The smallest absolute Gasteiger partial charge is 0.0113 e. The van der Waals surface area contributed by atoms with Crippen LogP contribution in [0.1, 0.15) is 26.7 Å². The van der Waals surface area contributed by atoms with Crippen molar-refractivity contribution in [1.82, 2.24) is 11.0 Å². The molecule has 0 bridgehead atoms. The molecule has 0 aliphatic carbocycles. The number of nitrogens with one attached hydrogen (secondary N) is 2. The first-order valence-electron chi connectivity index (χ1n) is 3.46. The summed E-state index contributed by atoms with van der Waals surface area (Å²) in [5.41, 5.74) is 5.22. The first-order chi connectivity index (χ1) is 4.27. The van der Waals surface area contributed by atoms with Crippen molar-refractivity contribution >= 4 is 0 Å². The third-order valence-corrected chi connectivity index (χ3v) is 1.19. The Balaban J connectivity index is 2.75. The highest BCUT2D eigenvalue weighted by molar-refractivity contribution is 4.46. The summed E-state index contributed by atoms with van der Waals surface area (Å²) in [5.74, 6) is 5.78. The largest absolute Gasteiger partial charge is 0.258 e. The molecule has 0 atom stereocenters. The Kier molecular flexibility index (Phi) is 5.93. The highest BCUT2D eigenvalue weighted by Gasteiger charge is 1.91. The maximum absolute atomic E-state index is 4.98. The molecule has 9 heavy (non-hydrogen) atoms. The van der Waals surface area contributed by atoms with E-state index in [2.05, 4.69) is 24.8 Å². The molecule has 0 unspecified atom stereocenters. The molecular formula is C6H17N3. The van der Waals surface area contributed by atoms with Crippen LogP contribution in [0.3, 0.4) is 0 Å². The number of hydrazine groups is 2. The van der Waals surface area contributed by atoms with Gasteiger partial charge < -0.3 is 0 Å². The minimum atomic E-state index is 0.796. The van der Waals surface area contributed by atoms with E-state index in [9.17, 15) is 0 Å². The van der Waals surface area contributed by atoms with E-state index in [1.165, 1.54) is 12.8 Å². The zero-order valence-corrected chi connectivity index (χ0v) is 6.28. The number of hydrogen-bond donors (Lipinski definition) is 3. The molecule has 0 rings (SSSR count). The number of nitrogens with two attached hydrogens (primary N) is 1. The van der Waals surface area contributed by atoms with Crippen molar-refractivity contribution < 1.29 is 0 Å². The maximum Gasteiger partial charge on any atom is 0.0113 e. The van der Waals surface area contributed by atoms with Gasteiger partial charge in [-0.05, 0) is 18.8 Å². The average molecular weight is 131 g/mol. The van der Waals surface area contributed by atoms with Gasteiger partial charge in [0.1, 0.15) is 0 Å². The highest BCUT2D eigenvalue weighted by Crippen LogP contribution is 2.00. The summed E-state index contributed by atoms with van der Waals surface area (Å²) >= 11 is 0.